The fraction of sp³-hybridized carbons (Fsp3) is 0.286. The summed E-state index contributed by atoms with van der Waals surface area (Å²) in [5.41, 5.74) is 3.83. The van der Waals surface area contributed by atoms with Crippen LogP contribution in [0.15, 0.2) is 53.2 Å². The van der Waals surface area contributed by atoms with Gasteiger partial charge in [0, 0.05) is 24.5 Å². The molecule has 6 nitrogen and oxygen atoms in total. The fourth-order valence-electron chi connectivity index (χ4n) is 2.56. The van der Waals surface area contributed by atoms with Crippen molar-refractivity contribution in [1.29, 1.82) is 0 Å². The lowest BCUT2D eigenvalue weighted by Gasteiger charge is -2.05. The predicted octanol–water partition coefficient (Wildman–Crippen LogP) is 3.44. The molecule has 2 heterocycles. The van der Waals surface area contributed by atoms with Crippen LogP contribution in [0.25, 0.3) is 11.5 Å². The van der Waals surface area contributed by atoms with Crippen LogP contribution in [0.3, 0.4) is 0 Å². The van der Waals surface area contributed by atoms with Gasteiger partial charge >= 0.3 is 0 Å². The maximum absolute atomic E-state index is 11.9. The van der Waals surface area contributed by atoms with Gasteiger partial charge in [0.25, 0.3) is 0 Å². The van der Waals surface area contributed by atoms with Gasteiger partial charge in [-0.15, -0.1) is 0 Å². The van der Waals surface area contributed by atoms with Gasteiger partial charge in [-0.05, 0) is 42.7 Å². The molecule has 0 unspecified atom stereocenters. The Bertz CT molecular complexity index is 873. The second-order valence-corrected chi connectivity index (χ2v) is 6.20. The average Bonchev–Trinajstić information content (AvgIpc) is 3.08. The Morgan fingerprint density at radius 3 is 2.70 bits per heavy atom. The van der Waals surface area contributed by atoms with E-state index in [0.29, 0.717) is 23.9 Å². The molecule has 27 heavy (non-hydrogen) atoms. The normalized spacial score (nSPS) is 10.7. The summed E-state index contributed by atoms with van der Waals surface area (Å²) in [6.45, 7) is 4.58. The molecule has 2 aromatic heterocycles. The third kappa shape index (κ3) is 5.24. The Morgan fingerprint density at radius 2 is 2.00 bits per heavy atom. The zero-order valence-corrected chi connectivity index (χ0v) is 15.6. The van der Waals surface area contributed by atoms with Crippen molar-refractivity contribution in [3.05, 3.63) is 71.4 Å². The third-order valence-corrected chi connectivity index (χ3v) is 4.19. The Kier molecular flexibility index (Phi) is 6.33. The molecular formula is C21H23N3O3. The summed E-state index contributed by atoms with van der Waals surface area (Å²) in [4.78, 5) is 20.4. The van der Waals surface area contributed by atoms with Crippen molar-refractivity contribution in [2.75, 3.05) is 6.61 Å². The second kappa shape index (κ2) is 9.09. The highest BCUT2D eigenvalue weighted by atomic mass is 16.5. The van der Waals surface area contributed by atoms with Gasteiger partial charge in [0.15, 0.2) is 0 Å². The Balaban J connectivity index is 1.49. The molecule has 0 spiro atoms. The average molecular weight is 365 g/mol. The first kappa shape index (κ1) is 18.8. The smallest absolute Gasteiger partial charge is 0.246 e. The van der Waals surface area contributed by atoms with Crippen molar-refractivity contribution >= 4 is 5.91 Å². The number of amides is 1. The van der Waals surface area contributed by atoms with Crippen LogP contribution in [-0.2, 0) is 29.1 Å². The zero-order chi connectivity index (χ0) is 19.1. The number of carbonyl (C=O) groups is 1. The number of nitrogens with zero attached hydrogens (tertiary/aromatic N) is 2. The first-order chi connectivity index (χ1) is 13.2. The molecule has 3 aromatic rings. The van der Waals surface area contributed by atoms with Crippen LogP contribution in [0.1, 0.15) is 29.5 Å². The minimum absolute atomic E-state index is 0.0346. The summed E-state index contributed by atoms with van der Waals surface area (Å²) in [5, 5.41) is 2.79. The molecule has 0 saturated carbocycles. The van der Waals surface area contributed by atoms with Crippen molar-refractivity contribution in [2.24, 2.45) is 0 Å². The molecule has 0 bridgehead atoms. The largest absolute Gasteiger partial charge is 0.441 e. The van der Waals surface area contributed by atoms with Crippen LogP contribution in [0.4, 0.5) is 0 Å². The quantitative estimate of drug-likeness (QED) is 0.662. The van der Waals surface area contributed by atoms with Gasteiger partial charge in [0.1, 0.15) is 18.1 Å². The van der Waals surface area contributed by atoms with Crippen molar-refractivity contribution in [3.8, 4) is 11.5 Å². The Hall–Kier alpha value is -2.99. The number of aromatic nitrogens is 2. The van der Waals surface area contributed by atoms with E-state index in [-0.39, 0.29) is 19.1 Å². The molecule has 140 valence electrons. The molecule has 0 aliphatic heterocycles. The van der Waals surface area contributed by atoms with Gasteiger partial charge in [-0.2, -0.15) is 0 Å². The maximum Gasteiger partial charge on any atom is 0.246 e. The van der Waals surface area contributed by atoms with Gasteiger partial charge in [-0.3, -0.25) is 9.78 Å². The predicted molar refractivity (Wildman–Crippen MR) is 102 cm³/mol. The van der Waals surface area contributed by atoms with Crippen LogP contribution in [-0.4, -0.2) is 22.5 Å². The van der Waals surface area contributed by atoms with Crippen LogP contribution in [0, 0.1) is 6.92 Å². The lowest BCUT2D eigenvalue weighted by atomic mass is 10.1. The highest BCUT2D eigenvalue weighted by Crippen LogP contribution is 2.22. The van der Waals surface area contributed by atoms with Crippen LogP contribution >= 0.6 is 0 Å². The molecule has 1 amide bonds. The maximum atomic E-state index is 11.9. The molecule has 3 rings (SSSR count). The van der Waals surface area contributed by atoms with E-state index in [2.05, 4.69) is 34.3 Å². The molecule has 0 atom stereocenters. The second-order valence-electron chi connectivity index (χ2n) is 6.20. The van der Waals surface area contributed by atoms with Crippen LogP contribution < -0.4 is 5.32 Å². The molecule has 6 heteroatoms. The third-order valence-electron chi connectivity index (χ3n) is 4.19. The number of carbonyl (C=O) groups excluding carboxylic acids is 1. The molecule has 0 fully saturated rings. The minimum Gasteiger partial charge on any atom is -0.441 e. The van der Waals surface area contributed by atoms with Gasteiger partial charge in [0.05, 0.1) is 6.61 Å². The van der Waals surface area contributed by atoms with Crippen LogP contribution in [0.2, 0.25) is 0 Å². The van der Waals surface area contributed by atoms with Crippen molar-refractivity contribution < 1.29 is 13.9 Å². The highest BCUT2D eigenvalue weighted by Gasteiger charge is 2.12. The van der Waals surface area contributed by atoms with E-state index in [1.54, 1.807) is 12.4 Å². The lowest BCUT2D eigenvalue weighted by molar-refractivity contribution is -0.126. The number of hydrogen-bond donors (Lipinski definition) is 1. The van der Waals surface area contributed by atoms with E-state index < -0.39 is 0 Å². The van der Waals surface area contributed by atoms with Crippen molar-refractivity contribution in [3.63, 3.8) is 0 Å². The Labute approximate surface area is 158 Å². The number of oxazole rings is 1. The van der Waals surface area contributed by atoms with Crippen molar-refractivity contribution in [2.45, 2.75) is 33.4 Å². The number of benzene rings is 1. The molecule has 0 aliphatic carbocycles. The minimum atomic E-state index is -0.185. The highest BCUT2D eigenvalue weighted by molar-refractivity contribution is 5.77. The van der Waals surface area contributed by atoms with Gasteiger partial charge < -0.3 is 14.5 Å². The van der Waals surface area contributed by atoms with Gasteiger partial charge in [-0.25, -0.2) is 4.98 Å². The van der Waals surface area contributed by atoms with E-state index in [0.717, 1.165) is 17.5 Å². The number of pyridine rings is 1. The zero-order valence-electron chi connectivity index (χ0n) is 15.6. The first-order valence-corrected chi connectivity index (χ1v) is 8.94. The summed E-state index contributed by atoms with van der Waals surface area (Å²) < 4.78 is 11.2. The number of nitrogens with one attached hydrogen (secondary N) is 1. The van der Waals surface area contributed by atoms with E-state index in [4.69, 9.17) is 9.15 Å². The summed E-state index contributed by atoms with van der Waals surface area (Å²) >= 11 is 0. The number of ether oxygens (including phenoxy) is 1. The molecule has 0 aliphatic rings. The molecule has 1 aromatic carbocycles. The number of hydrogen-bond acceptors (Lipinski definition) is 5. The summed E-state index contributed by atoms with van der Waals surface area (Å²) in [5.74, 6) is 1.07. The van der Waals surface area contributed by atoms with Crippen LogP contribution in [0.5, 0.6) is 0 Å². The lowest BCUT2D eigenvalue weighted by Crippen LogP contribution is -2.27. The Morgan fingerprint density at radius 1 is 1.19 bits per heavy atom. The summed E-state index contributed by atoms with van der Waals surface area (Å²) in [6, 6.07) is 11.9. The van der Waals surface area contributed by atoms with Crippen molar-refractivity contribution in [1.82, 2.24) is 15.3 Å². The van der Waals surface area contributed by atoms with E-state index in [1.165, 1.54) is 5.56 Å². The number of rotatable bonds is 8. The molecule has 0 saturated heterocycles. The molecule has 0 radical (unpaired) electrons. The standard InChI is InChI=1S/C21H23N3O3/c1-3-16-6-8-18(9-7-16)21-24-19(15(2)27-21)13-26-14-20(25)23-12-17-5-4-10-22-11-17/h4-11H,3,12-14H2,1-2H3,(H,23,25). The fourth-order valence-corrected chi connectivity index (χ4v) is 2.56. The monoisotopic (exact) mass is 365 g/mol. The molecule has 1 N–H and O–H groups in total. The summed E-state index contributed by atoms with van der Waals surface area (Å²) in [6.07, 6.45) is 4.41. The SMILES string of the molecule is CCc1ccc(-c2nc(COCC(=O)NCc3cccnc3)c(C)o2)cc1. The topological polar surface area (TPSA) is 77.2 Å². The summed E-state index contributed by atoms with van der Waals surface area (Å²) in [7, 11) is 0. The van der Waals surface area contributed by atoms with Gasteiger partial charge in [-0.1, -0.05) is 25.1 Å². The first-order valence-electron chi connectivity index (χ1n) is 8.94. The van der Waals surface area contributed by atoms with E-state index in [1.807, 2.05) is 31.2 Å². The number of aryl methyl sites for hydroxylation is 2. The van der Waals surface area contributed by atoms with E-state index in [9.17, 15) is 4.79 Å². The molecular weight excluding hydrogens is 342 g/mol. The van der Waals surface area contributed by atoms with E-state index >= 15 is 0 Å². The van der Waals surface area contributed by atoms with Gasteiger partial charge in [0.2, 0.25) is 11.8 Å².